The molecule has 0 radical (unpaired) electrons. The lowest BCUT2D eigenvalue weighted by molar-refractivity contribution is -0.112. The number of carbonyl (C=O) groups is 1. The largest absolute Gasteiger partial charge is 0.487 e. The number of carbonyl (C=O) groups excluding carboxylic acids is 1. The molecule has 1 N–H and O–H groups in total. The molecule has 25 heavy (non-hydrogen) atoms. The Bertz CT molecular complexity index is 834. The van der Waals surface area contributed by atoms with Gasteiger partial charge in [0.05, 0.1) is 8.04 Å². The molecule has 2 aromatic rings. The molecule has 0 heterocycles. The number of hydrogen-bond acceptors (Lipinski definition) is 3. The highest BCUT2D eigenvalue weighted by Gasteiger charge is 2.12. The van der Waals surface area contributed by atoms with E-state index in [0.29, 0.717) is 18.0 Å². The molecule has 2 aromatic carbocycles. The first-order chi connectivity index (χ1) is 12.0. The standard InChI is InChI=1S/C19H14BrIN2O2/c1-2-8-25-18-16(20)10-13(11-17(18)21)9-14(12-22)19(24)23-15-6-4-3-5-7-15/h2-7,9-11H,1,8H2,(H,23,24)/b14-9-. The van der Waals surface area contributed by atoms with Crippen LogP contribution >= 0.6 is 38.5 Å². The summed E-state index contributed by atoms with van der Waals surface area (Å²) in [6.07, 6.45) is 3.21. The number of amides is 1. The van der Waals surface area contributed by atoms with Gasteiger partial charge in [-0.3, -0.25) is 4.79 Å². The van der Waals surface area contributed by atoms with E-state index in [1.54, 1.807) is 30.4 Å². The van der Waals surface area contributed by atoms with Gasteiger partial charge in [-0.05, 0) is 74.4 Å². The molecule has 0 bridgehead atoms. The van der Waals surface area contributed by atoms with E-state index in [-0.39, 0.29) is 5.57 Å². The summed E-state index contributed by atoms with van der Waals surface area (Å²) in [5, 5.41) is 12.0. The lowest BCUT2D eigenvalue weighted by Crippen LogP contribution is -2.13. The minimum Gasteiger partial charge on any atom is -0.487 e. The quantitative estimate of drug-likeness (QED) is 0.253. The van der Waals surface area contributed by atoms with E-state index in [4.69, 9.17) is 4.74 Å². The third-order valence-corrected chi connectivity index (χ3v) is 4.46. The molecule has 0 fully saturated rings. The third-order valence-electron chi connectivity index (χ3n) is 3.07. The number of halogens is 2. The second-order valence-electron chi connectivity index (χ2n) is 4.90. The normalized spacial score (nSPS) is 10.7. The average Bonchev–Trinajstić information content (AvgIpc) is 2.59. The van der Waals surface area contributed by atoms with Gasteiger partial charge in [-0.1, -0.05) is 30.9 Å². The monoisotopic (exact) mass is 508 g/mol. The number of benzene rings is 2. The highest BCUT2D eigenvalue weighted by atomic mass is 127. The summed E-state index contributed by atoms with van der Waals surface area (Å²) in [4.78, 5) is 12.3. The van der Waals surface area contributed by atoms with Gasteiger partial charge >= 0.3 is 0 Å². The van der Waals surface area contributed by atoms with Crippen LogP contribution in [0.5, 0.6) is 5.75 Å². The Labute approximate surface area is 168 Å². The molecule has 0 unspecified atom stereocenters. The van der Waals surface area contributed by atoms with Crippen molar-refractivity contribution in [3.05, 3.63) is 74.3 Å². The van der Waals surface area contributed by atoms with Gasteiger partial charge in [0.1, 0.15) is 24.0 Å². The molecule has 0 saturated carbocycles. The van der Waals surface area contributed by atoms with Crippen molar-refractivity contribution in [2.24, 2.45) is 0 Å². The van der Waals surface area contributed by atoms with E-state index < -0.39 is 5.91 Å². The fourth-order valence-corrected chi connectivity index (χ4v) is 3.75. The zero-order valence-electron chi connectivity index (χ0n) is 13.1. The Morgan fingerprint density at radius 3 is 2.68 bits per heavy atom. The number of nitriles is 1. The van der Waals surface area contributed by atoms with Gasteiger partial charge in [-0.25, -0.2) is 0 Å². The van der Waals surface area contributed by atoms with Crippen LogP contribution < -0.4 is 10.1 Å². The lowest BCUT2D eigenvalue weighted by Gasteiger charge is -2.10. The maximum absolute atomic E-state index is 12.3. The van der Waals surface area contributed by atoms with Crippen LogP contribution in [0.2, 0.25) is 0 Å². The van der Waals surface area contributed by atoms with Gasteiger partial charge in [-0.15, -0.1) is 0 Å². The number of para-hydroxylation sites is 1. The van der Waals surface area contributed by atoms with Gasteiger partial charge in [0.25, 0.3) is 5.91 Å². The van der Waals surface area contributed by atoms with E-state index >= 15 is 0 Å². The van der Waals surface area contributed by atoms with Crippen molar-refractivity contribution in [2.75, 3.05) is 11.9 Å². The van der Waals surface area contributed by atoms with Crippen molar-refractivity contribution < 1.29 is 9.53 Å². The minimum absolute atomic E-state index is 0.0197. The Balaban J connectivity index is 2.26. The summed E-state index contributed by atoms with van der Waals surface area (Å²) < 4.78 is 7.20. The van der Waals surface area contributed by atoms with Crippen molar-refractivity contribution in [2.45, 2.75) is 0 Å². The summed E-state index contributed by atoms with van der Waals surface area (Å²) in [5.74, 6) is 0.247. The molecule has 0 spiro atoms. The topological polar surface area (TPSA) is 62.1 Å². The molecular weight excluding hydrogens is 495 g/mol. The number of nitrogens with zero attached hydrogens (tertiary/aromatic N) is 1. The van der Waals surface area contributed by atoms with Crippen LogP contribution in [0, 0.1) is 14.9 Å². The summed E-state index contributed by atoms with van der Waals surface area (Å²) >= 11 is 5.60. The second kappa shape index (κ2) is 9.39. The van der Waals surface area contributed by atoms with Gasteiger partial charge in [-0.2, -0.15) is 5.26 Å². The predicted molar refractivity (Wildman–Crippen MR) is 111 cm³/mol. The molecule has 1 amide bonds. The first-order valence-corrected chi connectivity index (χ1v) is 9.13. The van der Waals surface area contributed by atoms with Crippen LogP contribution in [0.15, 0.2) is 65.2 Å². The molecule has 0 aliphatic carbocycles. The number of anilines is 1. The summed E-state index contributed by atoms with van der Waals surface area (Å²) in [6, 6.07) is 14.6. The molecule has 0 saturated heterocycles. The van der Waals surface area contributed by atoms with Crippen molar-refractivity contribution in [3.8, 4) is 11.8 Å². The third kappa shape index (κ3) is 5.44. The van der Waals surface area contributed by atoms with Gasteiger partial charge in [0, 0.05) is 5.69 Å². The smallest absolute Gasteiger partial charge is 0.266 e. The molecule has 126 valence electrons. The zero-order valence-corrected chi connectivity index (χ0v) is 16.9. The van der Waals surface area contributed by atoms with Crippen molar-refractivity contribution in [1.29, 1.82) is 5.26 Å². The van der Waals surface area contributed by atoms with Crippen LogP contribution in [-0.4, -0.2) is 12.5 Å². The predicted octanol–water partition coefficient (Wildman–Crippen LogP) is 5.16. The maximum Gasteiger partial charge on any atom is 0.266 e. The van der Waals surface area contributed by atoms with Crippen LogP contribution in [0.3, 0.4) is 0 Å². The van der Waals surface area contributed by atoms with Gasteiger partial charge in [0.2, 0.25) is 0 Å². The van der Waals surface area contributed by atoms with Crippen LogP contribution in [0.4, 0.5) is 5.69 Å². The number of hydrogen-bond donors (Lipinski definition) is 1. The number of rotatable bonds is 6. The van der Waals surface area contributed by atoms with Gasteiger partial charge in [0.15, 0.2) is 0 Å². The Hall–Kier alpha value is -2.11. The summed E-state index contributed by atoms with van der Waals surface area (Å²) in [7, 11) is 0. The highest BCUT2D eigenvalue weighted by Crippen LogP contribution is 2.32. The van der Waals surface area contributed by atoms with Crippen LogP contribution in [0.1, 0.15) is 5.56 Å². The SMILES string of the molecule is C=CCOc1c(Br)cc(/C=C(/C#N)C(=O)Nc2ccccc2)cc1I. The van der Waals surface area contributed by atoms with E-state index in [0.717, 1.165) is 13.6 Å². The summed E-state index contributed by atoms with van der Waals surface area (Å²) in [6.45, 7) is 4.02. The fourth-order valence-electron chi connectivity index (χ4n) is 1.98. The first kappa shape index (κ1) is 19.2. The van der Waals surface area contributed by atoms with Crippen molar-refractivity contribution in [1.82, 2.24) is 0 Å². The zero-order chi connectivity index (χ0) is 18.2. The minimum atomic E-state index is -0.452. The van der Waals surface area contributed by atoms with E-state index in [9.17, 15) is 10.1 Å². The molecule has 0 aliphatic rings. The molecule has 4 nitrogen and oxygen atoms in total. The summed E-state index contributed by atoms with van der Waals surface area (Å²) in [5.41, 5.74) is 1.38. The van der Waals surface area contributed by atoms with E-state index in [1.165, 1.54) is 0 Å². The Kier molecular flexibility index (Phi) is 7.22. The van der Waals surface area contributed by atoms with E-state index in [1.807, 2.05) is 30.3 Å². The van der Waals surface area contributed by atoms with Gasteiger partial charge < -0.3 is 10.1 Å². The van der Waals surface area contributed by atoms with Crippen molar-refractivity contribution in [3.63, 3.8) is 0 Å². The molecule has 2 rings (SSSR count). The first-order valence-electron chi connectivity index (χ1n) is 7.26. The Morgan fingerprint density at radius 2 is 2.08 bits per heavy atom. The van der Waals surface area contributed by atoms with Crippen molar-refractivity contribution >= 4 is 56.2 Å². The lowest BCUT2D eigenvalue weighted by atomic mass is 10.1. The average molecular weight is 509 g/mol. The highest BCUT2D eigenvalue weighted by molar-refractivity contribution is 14.1. The second-order valence-corrected chi connectivity index (χ2v) is 6.92. The Morgan fingerprint density at radius 1 is 1.36 bits per heavy atom. The fraction of sp³-hybridized carbons (Fsp3) is 0.0526. The number of nitrogens with one attached hydrogen (secondary N) is 1. The number of ether oxygens (including phenoxy) is 1. The maximum atomic E-state index is 12.3. The molecule has 0 atom stereocenters. The van der Waals surface area contributed by atoms with Crippen LogP contribution in [-0.2, 0) is 4.79 Å². The molecule has 0 aromatic heterocycles. The van der Waals surface area contributed by atoms with E-state index in [2.05, 4.69) is 50.4 Å². The molecular formula is C19H14BrIN2O2. The molecule has 0 aliphatic heterocycles. The van der Waals surface area contributed by atoms with Crippen LogP contribution in [0.25, 0.3) is 6.08 Å². The molecule has 6 heteroatoms.